The fourth-order valence-electron chi connectivity index (χ4n) is 4.17. The van der Waals surface area contributed by atoms with Crippen molar-refractivity contribution in [2.45, 2.75) is 25.4 Å². The number of rotatable bonds is 7. The van der Waals surface area contributed by atoms with Crippen molar-refractivity contribution >= 4 is 29.2 Å². The summed E-state index contributed by atoms with van der Waals surface area (Å²) in [6, 6.07) is 13.4. The topological polar surface area (TPSA) is 101 Å². The summed E-state index contributed by atoms with van der Waals surface area (Å²) in [7, 11) is 0. The maximum atomic E-state index is 13.6. The van der Waals surface area contributed by atoms with E-state index in [-0.39, 0.29) is 16.8 Å². The monoisotopic (exact) mass is 492 g/mol. The first-order chi connectivity index (χ1) is 16.9. The molecule has 0 bridgehead atoms. The number of carbonyl (C=O) groups excluding carboxylic acids is 3. The molecule has 4 rings (SSSR count). The van der Waals surface area contributed by atoms with Crippen LogP contribution in [0, 0.1) is 5.92 Å². The van der Waals surface area contributed by atoms with Gasteiger partial charge in [0.05, 0.1) is 5.02 Å². The molecule has 0 spiro atoms. The van der Waals surface area contributed by atoms with Gasteiger partial charge in [0.2, 0.25) is 5.91 Å². The minimum atomic E-state index is -1.38. The molecular weight excluding hydrogens is 468 g/mol. The lowest BCUT2D eigenvalue weighted by Gasteiger charge is -2.33. The molecule has 0 radical (unpaired) electrons. The average Bonchev–Trinajstić information content (AvgIpc) is 2.90. The molecular formula is C26H25ClN4O4. The molecule has 1 aliphatic rings. The number of hydrogen-bond acceptors (Lipinski definition) is 5. The van der Waals surface area contributed by atoms with Crippen molar-refractivity contribution in [1.82, 2.24) is 19.8 Å². The zero-order chi connectivity index (χ0) is 24.8. The molecule has 0 aliphatic carbocycles. The van der Waals surface area contributed by atoms with Crippen LogP contribution >= 0.6 is 11.6 Å². The van der Waals surface area contributed by atoms with Crippen LogP contribution in [0.25, 0.3) is 0 Å². The number of halogens is 1. The Labute approximate surface area is 207 Å². The third-order valence-electron chi connectivity index (χ3n) is 6.09. The second-order valence-electron chi connectivity index (χ2n) is 8.40. The molecule has 180 valence electrons. The Morgan fingerprint density at radius 1 is 1.03 bits per heavy atom. The maximum absolute atomic E-state index is 13.6. The smallest absolute Gasteiger partial charge is 0.253 e. The van der Waals surface area contributed by atoms with E-state index in [1.165, 1.54) is 18.3 Å². The average molecular weight is 493 g/mol. The first-order valence-corrected chi connectivity index (χ1v) is 11.7. The zero-order valence-electron chi connectivity index (χ0n) is 19.0. The number of hydrogen-bond donors (Lipinski definition) is 1. The van der Waals surface area contributed by atoms with Crippen molar-refractivity contribution in [1.29, 1.82) is 0 Å². The van der Waals surface area contributed by atoms with Gasteiger partial charge in [0.1, 0.15) is 0 Å². The van der Waals surface area contributed by atoms with E-state index in [1.54, 1.807) is 47.6 Å². The lowest BCUT2D eigenvalue weighted by molar-refractivity contribution is -0.137. The number of piperidine rings is 1. The van der Waals surface area contributed by atoms with Gasteiger partial charge in [0, 0.05) is 55.8 Å². The van der Waals surface area contributed by atoms with Crippen LogP contribution in [0.1, 0.15) is 34.8 Å². The SMILES string of the molecule is O=C(NCc1cccnc1)C1CCN(C(=O)C(C(=O)c2ccccc2)n2cc(Cl)ccc2=O)CC1. The van der Waals surface area contributed by atoms with Crippen LogP contribution in [-0.2, 0) is 16.1 Å². The number of nitrogens with zero attached hydrogens (tertiary/aromatic N) is 3. The summed E-state index contributed by atoms with van der Waals surface area (Å²) in [5.41, 5.74) is 0.729. The zero-order valence-corrected chi connectivity index (χ0v) is 19.7. The predicted molar refractivity (Wildman–Crippen MR) is 131 cm³/mol. The number of ketones is 1. The molecule has 1 saturated heterocycles. The van der Waals surface area contributed by atoms with Gasteiger partial charge >= 0.3 is 0 Å². The van der Waals surface area contributed by atoms with Crippen LogP contribution < -0.4 is 10.9 Å². The Kier molecular flexibility index (Phi) is 7.72. The van der Waals surface area contributed by atoms with Crippen LogP contribution in [0.15, 0.2) is 78.0 Å². The van der Waals surface area contributed by atoms with Crippen molar-refractivity contribution in [2.75, 3.05) is 13.1 Å². The Bertz CT molecular complexity index is 1260. The highest BCUT2D eigenvalue weighted by Gasteiger charge is 2.36. The first kappa shape index (κ1) is 24.3. The highest BCUT2D eigenvalue weighted by Crippen LogP contribution is 2.23. The van der Waals surface area contributed by atoms with E-state index < -0.39 is 23.3 Å². The molecule has 2 aromatic heterocycles. The van der Waals surface area contributed by atoms with Crippen LogP contribution in [0.5, 0.6) is 0 Å². The van der Waals surface area contributed by atoms with Gasteiger partial charge in [-0.15, -0.1) is 0 Å². The first-order valence-electron chi connectivity index (χ1n) is 11.4. The van der Waals surface area contributed by atoms with Crippen LogP contribution in [0.2, 0.25) is 5.02 Å². The van der Waals surface area contributed by atoms with Crippen LogP contribution in [0.3, 0.4) is 0 Å². The predicted octanol–water partition coefficient (Wildman–Crippen LogP) is 2.88. The quantitative estimate of drug-likeness (QED) is 0.403. The number of likely N-dealkylation sites (tertiary alicyclic amines) is 1. The van der Waals surface area contributed by atoms with Gasteiger partial charge < -0.3 is 10.2 Å². The van der Waals surface area contributed by atoms with Crippen LogP contribution in [0.4, 0.5) is 0 Å². The Morgan fingerprint density at radius 3 is 2.46 bits per heavy atom. The van der Waals surface area contributed by atoms with Gasteiger partial charge in [0.25, 0.3) is 11.5 Å². The second-order valence-corrected chi connectivity index (χ2v) is 8.84. The molecule has 3 heterocycles. The number of Topliss-reactive ketones (excluding diaryl/α,β-unsaturated/α-hetero) is 1. The summed E-state index contributed by atoms with van der Waals surface area (Å²) in [6.07, 6.45) is 5.60. The van der Waals surface area contributed by atoms with Gasteiger partial charge in [-0.05, 0) is 30.5 Å². The van der Waals surface area contributed by atoms with Gasteiger partial charge in [-0.25, -0.2) is 0 Å². The highest BCUT2D eigenvalue weighted by molar-refractivity contribution is 6.30. The minimum absolute atomic E-state index is 0.0797. The maximum Gasteiger partial charge on any atom is 0.253 e. The van der Waals surface area contributed by atoms with Crippen molar-refractivity contribution in [2.24, 2.45) is 5.92 Å². The molecule has 35 heavy (non-hydrogen) atoms. The van der Waals surface area contributed by atoms with E-state index in [0.29, 0.717) is 38.0 Å². The molecule has 1 N–H and O–H groups in total. The highest BCUT2D eigenvalue weighted by atomic mass is 35.5. The standard InChI is InChI=1S/C26H25ClN4O4/c27-21-8-9-22(32)31(17-21)23(24(33)19-6-2-1-3-7-19)26(35)30-13-10-20(11-14-30)25(34)29-16-18-5-4-12-28-15-18/h1-9,12,15,17,20,23H,10-11,13-14,16H2,(H,29,34). The number of nitrogens with one attached hydrogen (secondary N) is 1. The number of aromatic nitrogens is 2. The Balaban J connectivity index is 1.47. The third kappa shape index (κ3) is 5.84. The van der Waals surface area contributed by atoms with Gasteiger partial charge in [-0.3, -0.25) is 28.7 Å². The molecule has 1 aromatic carbocycles. The van der Waals surface area contributed by atoms with Crippen molar-refractivity contribution in [3.05, 3.63) is 99.7 Å². The molecule has 2 amide bonds. The normalized spacial score (nSPS) is 14.8. The van der Waals surface area contributed by atoms with Crippen molar-refractivity contribution in [3.8, 4) is 0 Å². The molecule has 9 heteroatoms. The van der Waals surface area contributed by atoms with Crippen molar-refractivity contribution in [3.63, 3.8) is 0 Å². The number of benzene rings is 1. The fourth-order valence-corrected chi connectivity index (χ4v) is 4.34. The third-order valence-corrected chi connectivity index (χ3v) is 6.31. The van der Waals surface area contributed by atoms with Gasteiger partial charge in [0.15, 0.2) is 11.8 Å². The van der Waals surface area contributed by atoms with E-state index >= 15 is 0 Å². The molecule has 1 aliphatic heterocycles. The fraction of sp³-hybridized carbons (Fsp3) is 0.269. The second kappa shape index (κ2) is 11.1. The molecule has 1 unspecified atom stereocenters. The van der Waals surface area contributed by atoms with E-state index in [4.69, 9.17) is 11.6 Å². The summed E-state index contributed by atoms with van der Waals surface area (Å²) >= 11 is 6.09. The minimum Gasteiger partial charge on any atom is -0.352 e. The van der Waals surface area contributed by atoms with E-state index in [1.807, 2.05) is 12.1 Å². The van der Waals surface area contributed by atoms with Gasteiger partial charge in [-0.1, -0.05) is 48.0 Å². The summed E-state index contributed by atoms with van der Waals surface area (Å²) in [5, 5.41) is 3.16. The molecule has 1 atom stereocenters. The molecule has 3 aromatic rings. The van der Waals surface area contributed by atoms with E-state index in [9.17, 15) is 19.2 Å². The largest absolute Gasteiger partial charge is 0.352 e. The molecule has 1 fully saturated rings. The van der Waals surface area contributed by atoms with Crippen LogP contribution in [-0.4, -0.2) is 45.1 Å². The van der Waals surface area contributed by atoms with Crippen molar-refractivity contribution < 1.29 is 14.4 Å². The lowest BCUT2D eigenvalue weighted by Crippen LogP contribution is -2.48. The Hall–Kier alpha value is -3.78. The molecule has 8 nitrogen and oxygen atoms in total. The molecule has 0 saturated carbocycles. The lowest BCUT2D eigenvalue weighted by atomic mass is 9.94. The summed E-state index contributed by atoms with van der Waals surface area (Å²) < 4.78 is 1.09. The van der Waals surface area contributed by atoms with E-state index in [2.05, 4.69) is 10.3 Å². The van der Waals surface area contributed by atoms with Gasteiger partial charge in [-0.2, -0.15) is 0 Å². The number of carbonyl (C=O) groups is 3. The number of amides is 2. The summed E-state index contributed by atoms with van der Waals surface area (Å²) in [4.78, 5) is 57.7. The van der Waals surface area contributed by atoms with E-state index in [0.717, 1.165) is 10.1 Å². The Morgan fingerprint density at radius 2 is 1.77 bits per heavy atom. The number of pyridine rings is 2. The summed E-state index contributed by atoms with van der Waals surface area (Å²) in [6.45, 7) is 0.993. The summed E-state index contributed by atoms with van der Waals surface area (Å²) in [5.74, 6) is -1.30.